The van der Waals surface area contributed by atoms with Crippen molar-refractivity contribution in [2.75, 3.05) is 19.8 Å². The van der Waals surface area contributed by atoms with Crippen molar-refractivity contribution in [3.8, 4) is 0 Å². The van der Waals surface area contributed by atoms with Crippen molar-refractivity contribution in [1.29, 1.82) is 0 Å². The Morgan fingerprint density at radius 3 is 2.71 bits per heavy atom. The first-order valence-corrected chi connectivity index (χ1v) is 6.95. The van der Waals surface area contributed by atoms with E-state index in [0.29, 0.717) is 18.7 Å². The van der Waals surface area contributed by atoms with Gasteiger partial charge in [-0.15, -0.1) is 0 Å². The second-order valence-corrected chi connectivity index (χ2v) is 5.21. The van der Waals surface area contributed by atoms with Gasteiger partial charge in [-0.25, -0.2) is 0 Å². The van der Waals surface area contributed by atoms with Crippen LogP contribution >= 0.6 is 0 Å². The summed E-state index contributed by atoms with van der Waals surface area (Å²) in [7, 11) is 0. The summed E-state index contributed by atoms with van der Waals surface area (Å²) >= 11 is 0. The average Bonchev–Trinajstić information content (AvgIpc) is 2.83. The molecule has 1 aliphatic carbocycles. The molecule has 1 amide bonds. The molecule has 2 fully saturated rings. The molecule has 4 nitrogen and oxygen atoms in total. The van der Waals surface area contributed by atoms with Gasteiger partial charge < -0.3 is 15.4 Å². The van der Waals surface area contributed by atoms with Crippen LogP contribution in [0.15, 0.2) is 0 Å². The lowest BCUT2D eigenvalue weighted by Crippen LogP contribution is -2.39. The van der Waals surface area contributed by atoms with E-state index in [0.717, 1.165) is 19.4 Å². The average molecular weight is 240 g/mol. The summed E-state index contributed by atoms with van der Waals surface area (Å²) in [5.41, 5.74) is 0. The number of amides is 1. The first-order chi connectivity index (χ1) is 8.34. The third kappa shape index (κ3) is 4.64. The fourth-order valence-electron chi connectivity index (χ4n) is 2.71. The van der Waals surface area contributed by atoms with E-state index < -0.39 is 0 Å². The van der Waals surface area contributed by atoms with Crippen molar-refractivity contribution in [2.45, 2.75) is 57.0 Å². The fourth-order valence-corrected chi connectivity index (χ4v) is 2.71. The Morgan fingerprint density at radius 2 is 2.00 bits per heavy atom. The van der Waals surface area contributed by atoms with Gasteiger partial charge in [0.1, 0.15) is 6.61 Å². The molecular formula is C13H24N2O2. The molecule has 0 bridgehead atoms. The molecule has 0 spiro atoms. The van der Waals surface area contributed by atoms with Gasteiger partial charge in [-0.3, -0.25) is 4.79 Å². The van der Waals surface area contributed by atoms with Crippen molar-refractivity contribution in [1.82, 2.24) is 10.6 Å². The Kier molecular flexibility index (Phi) is 5.26. The van der Waals surface area contributed by atoms with Gasteiger partial charge in [0.15, 0.2) is 0 Å². The third-order valence-electron chi connectivity index (χ3n) is 3.68. The fraction of sp³-hybridized carbons (Fsp3) is 0.923. The Hall–Kier alpha value is -0.610. The highest BCUT2D eigenvalue weighted by Crippen LogP contribution is 2.17. The standard InChI is InChI=1S/C13H24N2O2/c16-13(15-11-5-2-1-3-6-11)10-17-9-12-7-4-8-14-12/h11-12,14H,1-10H2,(H,15,16). The monoisotopic (exact) mass is 240 g/mol. The second-order valence-electron chi connectivity index (χ2n) is 5.21. The van der Waals surface area contributed by atoms with Crippen LogP contribution in [0.1, 0.15) is 44.9 Å². The van der Waals surface area contributed by atoms with Gasteiger partial charge in [-0.2, -0.15) is 0 Å². The van der Waals surface area contributed by atoms with Crippen LogP contribution in [0.2, 0.25) is 0 Å². The van der Waals surface area contributed by atoms with E-state index in [2.05, 4.69) is 10.6 Å². The van der Waals surface area contributed by atoms with Crippen LogP contribution in [0.25, 0.3) is 0 Å². The molecule has 1 saturated heterocycles. The summed E-state index contributed by atoms with van der Waals surface area (Å²) in [5.74, 6) is 0.0508. The zero-order chi connectivity index (χ0) is 11.9. The minimum atomic E-state index is 0.0508. The number of nitrogens with one attached hydrogen (secondary N) is 2. The van der Waals surface area contributed by atoms with Crippen LogP contribution in [0.5, 0.6) is 0 Å². The van der Waals surface area contributed by atoms with Crippen LogP contribution < -0.4 is 10.6 Å². The molecular weight excluding hydrogens is 216 g/mol. The molecule has 1 heterocycles. The maximum Gasteiger partial charge on any atom is 0.246 e. The number of carbonyl (C=O) groups excluding carboxylic acids is 1. The third-order valence-corrected chi connectivity index (χ3v) is 3.68. The minimum absolute atomic E-state index is 0.0508. The highest BCUT2D eigenvalue weighted by molar-refractivity contribution is 5.77. The van der Waals surface area contributed by atoms with Crippen LogP contribution in [0.3, 0.4) is 0 Å². The molecule has 0 aromatic rings. The SMILES string of the molecule is O=C(COCC1CCCN1)NC1CCCCC1. The molecule has 1 atom stereocenters. The molecule has 2 N–H and O–H groups in total. The number of carbonyl (C=O) groups is 1. The van der Waals surface area contributed by atoms with Gasteiger partial charge in [0.2, 0.25) is 5.91 Å². The maximum atomic E-state index is 11.6. The van der Waals surface area contributed by atoms with Gasteiger partial charge in [0.25, 0.3) is 0 Å². The van der Waals surface area contributed by atoms with Gasteiger partial charge in [-0.05, 0) is 32.2 Å². The molecule has 0 aromatic carbocycles. The highest BCUT2D eigenvalue weighted by atomic mass is 16.5. The van der Waals surface area contributed by atoms with Gasteiger partial charge in [0.05, 0.1) is 6.61 Å². The van der Waals surface area contributed by atoms with Crippen molar-refractivity contribution in [3.63, 3.8) is 0 Å². The van der Waals surface area contributed by atoms with Gasteiger partial charge >= 0.3 is 0 Å². The predicted molar refractivity (Wildman–Crippen MR) is 66.9 cm³/mol. The molecule has 2 aliphatic rings. The van der Waals surface area contributed by atoms with E-state index in [9.17, 15) is 4.79 Å². The molecule has 2 rings (SSSR count). The highest BCUT2D eigenvalue weighted by Gasteiger charge is 2.17. The first-order valence-electron chi connectivity index (χ1n) is 6.95. The normalized spacial score (nSPS) is 26.0. The van der Waals surface area contributed by atoms with E-state index in [4.69, 9.17) is 4.74 Å². The van der Waals surface area contributed by atoms with E-state index in [-0.39, 0.29) is 12.5 Å². The molecule has 1 unspecified atom stereocenters. The summed E-state index contributed by atoms with van der Waals surface area (Å²) in [4.78, 5) is 11.6. The molecule has 17 heavy (non-hydrogen) atoms. The smallest absolute Gasteiger partial charge is 0.246 e. The minimum Gasteiger partial charge on any atom is -0.370 e. The summed E-state index contributed by atoms with van der Waals surface area (Å²) in [6, 6.07) is 0.849. The number of rotatable bonds is 5. The largest absolute Gasteiger partial charge is 0.370 e. The van der Waals surface area contributed by atoms with E-state index in [1.165, 1.54) is 32.1 Å². The van der Waals surface area contributed by atoms with E-state index in [1.807, 2.05) is 0 Å². The van der Waals surface area contributed by atoms with Gasteiger partial charge in [-0.1, -0.05) is 19.3 Å². The van der Waals surface area contributed by atoms with Crippen molar-refractivity contribution in [2.24, 2.45) is 0 Å². The summed E-state index contributed by atoms with van der Waals surface area (Å²) in [6.07, 6.45) is 8.48. The Labute approximate surface area is 103 Å². The molecule has 98 valence electrons. The molecule has 0 radical (unpaired) electrons. The molecule has 1 saturated carbocycles. The lowest BCUT2D eigenvalue weighted by Gasteiger charge is -2.22. The molecule has 1 aliphatic heterocycles. The second kappa shape index (κ2) is 6.97. The van der Waals surface area contributed by atoms with Gasteiger partial charge in [0, 0.05) is 12.1 Å². The zero-order valence-electron chi connectivity index (χ0n) is 10.5. The molecule has 0 aromatic heterocycles. The lowest BCUT2D eigenvalue weighted by atomic mass is 9.95. The van der Waals surface area contributed by atoms with Crippen LogP contribution in [-0.2, 0) is 9.53 Å². The lowest BCUT2D eigenvalue weighted by molar-refractivity contribution is -0.126. The summed E-state index contributed by atoms with van der Waals surface area (Å²) in [6.45, 7) is 1.97. The number of ether oxygens (including phenoxy) is 1. The van der Waals surface area contributed by atoms with Crippen LogP contribution in [0, 0.1) is 0 Å². The summed E-state index contributed by atoms with van der Waals surface area (Å²) < 4.78 is 5.45. The zero-order valence-corrected chi connectivity index (χ0v) is 10.5. The Morgan fingerprint density at radius 1 is 1.18 bits per heavy atom. The van der Waals surface area contributed by atoms with Crippen molar-refractivity contribution >= 4 is 5.91 Å². The Bertz CT molecular complexity index is 234. The Balaban J connectivity index is 1.53. The van der Waals surface area contributed by atoms with E-state index >= 15 is 0 Å². The maximum absolute atomic E-state index is 11.6. The van der Waals surface area contributed by atoms with Crippen molar-refractivity contribution in [3.05, 3.63) is 0 Å². The van der Waals surface area contributed by atoms with E-state index in [1.54, 1.807) is 0 Å². The first kappa shape index (κ1) is 12.8. The summed E-state index contributed by atoms with van der Waals surface area (Å²) in [5, 5.41) is 6.41. The van der Waals surface area contributed by atoms with Crippen molar-refractivity contribution < 1.29 is 9.53 Å². The topological polar surface area (TPSA) is 50.4 Å². The molecule has 4 heteroatoms. The number of hydrogen-bond donors (Lipinski definition) is 2. The number of hydrogen-bond acceptors (Lipinski definition) is 3. The van der Waals surface area contributed by atoms with Crippen LogP contribution in [-0.4, -0.2) is 37.7 Å². The quantitative estimate of drug-likeness (QED) is 0.759. The van der Waals surface area contributed by atoms with Crippen LogP contribution in [0.4, 0.5) is 0 Å². The predicted octanol–water partition coefficient (Wildman–Crippen LogP) is 1.20.